The second-order valence-corrected chi connectivity index (χ2v) is 8.77. The summed E-state index contributed by atoms with van der Waals surface area (Å²) in [6.07, 6.45) is 2.87. The summed E-state index contributed by atoms with van der Waals surface area (Å²) in [5.74, 6) is 0.350. The van der Waals surface area contributed by atoms with E-state index in [-0.39, 0.29) is 28.5 Å². The number of methoxy groups -OCH3 is 1. The summed E-state index contributed by atoms with van der Waals surface area (Å²) in [4.78, 5) is 34.3. The first-order valence-corrected chi connectivity index (χ1v) is 10.4. The van der Waals surface area contributed by atoms with Crippen LogP contribution in [0.15, 0.2) is 36.7 Å². The molecule has 1 amide bonds. The van der Waals surface area contributed by atoms with Crippen LogP contribution in [0.2, 0.25) is 0 Å². The highest BCUT2D eigenvalue weighted by Crippen LogP contribution is 2.53. The molecule has 2 heterocycles. The summed E-state index contributed by atoms with van der Waals surface area (Å²) >= 11 is 0. The van der Waals surface area contributed by atoms with Crippen molar-refractivity contribution in [1.29, 1.82) is 0 Å². The SMILES string of the molecule is COc1ccc2c(c1[N+](=O)[O-])C1(C)CCN(C(=O)c3ccc4nc[nH]c4c3)C(C2)C1C. The number of carbonyl (C=O) groups excluding carboxylic acids is 1. The molecule has 2 bridgehead atoms. The third-order valence-electron chi connectivity index (χ3n) is 7.41. The van der Waals surface area contributed by atoms with Gasteiger partial charge in [-0.1, -0.05) is 19.9 Å². The molecule has 3 unspecified atom stereocenters. The molecular formula is C23H24N4O4. The molecule has 1 saturated heterocycles. The zero-order valence-electron chi connectivity index (χ0n) is 17.7. The zero-order chi connectivity index (χ0) is 21.9. The number of imidazole rings is 1. The number of rotatable bonds is 3. The van der Waals surface area contributed by atoms with Gasteiger partial charge in [-0.05, 0) is 48.6 Å². The molecule has 1 aromatic heterocycles. The normalized spacial score (nSPS) is 24.7. The van der Waals surface area contributed by atoms with E-state index in [1.54, 1.807) is 12.4 Å². The van der Waals surface area contributed by atoms with Crippen LogP contribution in [0.5, 0.6) is 5.75 Å². The summed E-state index contributed by atoms with van der Waals surface area (Å²) in [5.41, 5.74) is 3.64. The number of benzene rings is 2. The second kappa shape index (κ2) is 6.80. The molecule has 1 fully saturated rings. The molecule has 2 aromatic carbocycles. The van der Waals surface area contributed by atoms with Crippen LogP contribution < -0.4 is 4.74 Å². The third-order valence-corrected chi connectivity index (χ3v) is 7.41. The second-order valence-electron chi connectivity index (χ2n) is 8.77. The van der Waals surface area contributed by atoms with Crippen LogP contribution in [0, 0.1) is 16.0 Å². The lowest BCUT2D eigenvalue weighted by atomic mass is 9.58. The lowest BCUT2D eigenvalue weighted by molar-refractivity contribution is -0.387. The third kappa shape index (κ3) is 2.74. The van der Waals surface area contributed by atoms with Crippen molar-refractivity contribution < 1.29 is 14.5 Å². The van der Waals surface area contributed by atoms with Crippen LogP contribution >= 0.6 is 0 Å². The van der Waals surface area contributed by atoms with Crippen LogP contribution in [0.1, 0.15) is 41.8 Å². The van der Waals surface area contributed by atoms with Crippen molar-refractivity contribution in [2.75, 3.05) is 13.7 Å². The maximum atomic E-state index is 13.5. The van der Waals surface area contributed by atoms with Crippen molar-refractivity contribution >= 4 is 22.6 Å². The number of nitrogens with zero attached hydrogens (tertiary/aromatic N) is 3. The quantitative estimate of drug-likeness (QED) is 0.512. The molecule has 0 spiro atoms. The predicted molar refractivity (Wildman–Crippen MR) is 115 cm³/mol. The Hall–Kier alpha value is -3.42. The number of likely N-dealkylation sites (tertiary alicyclic amines) is 1. The molecule has 3 atom stereocenters. The van der Waals surface area contributed by atoms with Crippen LogP contribution in [0.4, 0.5) is 5.69 Å². The van der Waals surface area contributed by atoms with Gasteiger partial charge in [0.15, 0.2) is 5.75 Å². The molecule has 1 aliphatic carbocycles. The average Bonchev–Trinajstić information content (AvgIpc) is 3.23. The van der Waals surface area contributed by atoms with E-state index in [0.717, 1.165) is 22.2 Å². The number of nitrogens with one attached hydrogen (secondary N) is 1. The van der Waals surface area contributed by atoms with Gasteiger partial charge in [0.25, 0.3) is 5.91 Å². The number of amides is 1. The molecule has 2 aliphatic rings. The van der Waals surface area contributed by atoms with Gasteiger partial charge in [-0.25, -0.2) is 4.98 Å². The number of nitro groups is 1. The maximum Gasteiger partial charge on any atom is 0.314 e. The van der Waals surface area contributed by atoms with Gasteiger partial charge in [-0.3, -0.25) is 14.9 Å². The Kier molecular flexibility index (Phi) is 4.28. The maximum absolute atomic E-state index is 13.5. The van der Waals surface area contributed by atoms with Crippen LogP contribution in [0.3, 0.4) is 0 Å². The number of hydrogen-bond donors (Lipinski definition) is 1. The molecule has 0 radical (unpaired) electrons. The lowest BCUT2D eigenvalue weighted by Crippen LogP contribution is -2.59. The number of aromatic nitrogens is 2. The Bertz CT molecular complexity index is 1220. The highest BCUT2D eigenvalue weighted by Gasteiger charge is 2.53. The van der Waals surface area contributed by atoms with E-state index in [9.17, 15) is 14.9 Å². The van der Waals surface area contributed by atoms with Gasteiger partial charge in [0.05, 0.1) is 29.4 Å². The molecule has 5 rings (SSSR count). The predicted octanol–water partition coefficient (Wildman–Crippen LogP) is 3.84. The number of nitro benzene ring substituents is 1. The summed E-state index contributed by atoms with van der Waals surface area (Å²) < 4.78 is 5.32. The van der Waals surface area contributed by atoms with E-state index in [1.807, 2.05) is 29.2 Å². The van der Waals surface area contributed by atoms with Gasteiger partial charge in [0.2, 0.25) is 0 Å². The Morgan fingerprint density at radius 2 is 2.16 bits per heavy atom. The van der Waals surface area contributed by atoms with Crippen molar-refractivity contribution in [3.8, 4) is 5.75 Å². The van der Waals surface area contributed by atoms with E-state index in [1.165, 1.54) is 7.11 Å². The smallest absolute Gasteiger partial charge is 0.314 e. The van der Waals surface area contributed by atoms with E-state index in [0.29, 0.717) is 30.7 Å². The minimum Gasteiger partial charge on any atom is -0.490 e. The van der Waals surface area contributed by atoms with Gasteiger partial charge in [0.1, 0.15) is 0 Å². The van der Waals surface area contributed by atoms with Gasteiger partial charge in [0, 0.05) is 29.1 Å². The summed E-state index contributed by atoms with van der Waals surface area (Å²) in [6.45, 7) is 4.75. The van der Waals surface area contributed by atoms with Crippen LogP contribution in [-0.4, -0.2) is 45.4 Å². The first-order valence-electron chi connectivity index (χ1n) is 10.4. The van der Waals surface area contributed by atoms with E-state index in [4.69, 9.17) is 4.74 Å². The van der Waals surface area contributed by atoms with Crippen molar-refractivity contribution in [1.82, 2.24) is 14.9 Å². The monoisotopic (exact) mass is 420 g/mol. The summed E-state index contributed by atoms with van der Waals surface area (Å²) in [6, 6.07) is 9.08. The molecule has 0 saturated carbocycles. The number of fused-ring (bicyclic) bond motifs is 5. The van der Waals surface area contributed by atoms with Gasteiger partial charge in [-0.15, -0.1) is 0 Å². The number of H-pyrrole nitrogens is 1. The molecule has 3 aromatic rings. The van der Waals surface area contributed by atoms with Gasteiger partial charge in [-0.2, -0.15) is 0 Å². The number of aromatic amines is 1. The Labute approximate surface area is 179 Å². The fraction of sp³-hybridized carbons (Fsp3) is 0.391. The average molecular weight is 420 g/mol. The van der Waals surface area contributed by atoms with Crippen molar-refractivity contribution in [3.63, 3.8) is 0 Å². The number of ether oxygens (including phenoxy) is 1. The molecule has 1 N–H and O–H groups in total. The Morgan fingerprint density at radius 3 is 2.90 bits per heavy atom. The fourth-order valence-corrected chi connectivity index (χ4v) is 5.56. The fourth-order valence-electron chi connectivity index (χ4n) is 5.56. The standard InChI is InChI=1S/C23H24N4O4/c1-13-18-11-14-5-7-19(31-3)21(27(29)30)20(14)23(13,2)8-9-26(18)22(28)15-4-6-16-17(10-15)25-12-24-16/h4-7,10,12-13,18H,8-9,11H2,1-3H3,(H,24,25). The van der Waals surface area contributed by atoms with E-state index >= 15 is 0 Å². The summed E-state index contributed by atoms with van der Waals surface area (Å²) in [7, 11) is 1.46. The largest absolute Gasteiger partial charge is 0.490 e. The molecule has 31 heavy (non-hydrogen) atoms. The zero-order valence-corrected chi connectivity index (χ0v) is 17.7. The lowest BCUT2D eigenvalue weighted by Gasteiger charge is -2.54. The molecule has 1 aliphatic heterocycles. The van der Waals surface area contributed by atoms with Gasteiger partial charge >= 0.3 is 5.69 Å². The first-order chi connectivity index (χ1) is 14.8. The topological polar surface area (TPSA) is 101 Å². The van der Waals surface area contributed by atoms with Crippen molar-refractivity contribution in [3.05, 3.63) is 63.5 Å². The molecule has 8 nitrogen and oxygen atoms in total. The Morgan fingerprint density at radius 1 is 1.35 bits per heavy atom. The van der Waals surface area contributed by atoms with Gasteiger partial charge < -0.3 is 14.6 Å². The minimum absolute atomic E-state index is 0.0122. The summed E-state index contributed by atoms with van der Waals surface area (Å²) in [5, 5.41) is 12.0. The van der Waals surface area contributed by atoms with Crippen molar-refractivity contribution in [2.24, 2.45) is 5.92 Å². The van der Waals surface area contributed by atoms with E-state index < -0.39 is 5.41 Å². The number of carbonyl (C=O) groups is 1. The highest BCUT2D eigenvalue weighted by atomic mass is 16.6. The number of piperidine rings is 1. The Balaban J connectivity index is 1.56. The molecular weight excluding hydrogens is 396 g/mol. The first kappa shape index (κ1) is 19.5. The van der Waals surface area contributed by atoms with Crippen LogP contribution in [0.25, 0.3) is 11.0 Å². The highest BCUT2D eigenvalue weighted by molar-refractivity contribution is 5.97. The van der Waals surface area contributed by atoms with Crippen molar-refractivity contribution in [2.45, 2.75) is 38.1 Å². The molecule has 8 heteroatoms. The van der Waals surface area contributed by atoms with Crippen LogP contribution in [-0.2, 0) is 11.8 Å². The minimum atomic E-state index is -0.403. The molecule has 160 valence electrons. The van der Waals surface area contributed by atoms with E-state index in [2.05, 4.69) is 23.8 Å². The number of hydrogen-bond acceptors (Lipinski definition) is 5.